The molecule has 0 bridgehead atoms. The highest BCUT2D eigenvalue weighted by Crippen LogP contribution is 2.29. The van der Waals surface area contributed by atoms with E-state index in [2.05, 4.69) is 11.9 Å². The van der Waals surface area contributed by atoms with Crippen molar-refractivity contribution in [2.75, 3.05) is 4.90 Å². The molecule has 0 radical (unpaired) electrons. The number of hydrogen-bond acceptors (Lipinski definition) is 3. The van der Waals surface area contributed by atoms with E-state index in [1.165, 1.54) is 10.5 Å². The molecule has 0 fully saturated rings. The van der Waals surface area contributed by atoms with Crippen LogP contribution in [0, 0.1) is 0 Å². The van der Waals surface area contributed by atoms with Gasteiger partial charge >= 0.3 is 6.03 Å². The smallest absolute Gasteiger partial charge is 0.323 e. The van der Waals surface area contributed by atoms with Gasteiger partial charge in [0.05, 0.1) is 11.4 Å². The minimum atomic E-state index is -0.535. The Kier molecular flexibility index (Phi) is 4.95. The van der Waals surface area contributed by atoms with E-state index in [1.54, 1.807) is 48.8 Å². The average molecular weight is 333 g/mol. The average Bonchev–Trinajstić information content (AvgIpc) is 2.64. The van der Waals surface area contributed by atoms with Crippen LogP contribution >= 0.6 is 0 Å². The van der Waals surface area contributed by atoms with Gasteiger partial charge in [0.2, 0.25) is 0 Å². The third-order valence-electron chi connectivity index (χ3n) is 3.80. The molecule has 0 aliphatic carbocycles. The van der Waals surface area contributed by atoms with E-state index in [0.29, 0.717) is 17.2 Å². The summed E-state index contributed by atoms with van der Waals surface area (Å²) in [6, 6.07) is 18.0. The van der Waals surface area contributed by atoms with Crippen molar-refractivity contribution in [1.82, 2.24) is 4.98 Å². The van der Waals surface area contributed by atoms with Gasteiger partial charge < -0.3 is 10.5 Å². The van der Waals surface area contributed by atoms with E-state index in [-0.39, 0.29) is 0 Å². The number of benzene rings is 2. The van der Waals surface area contributed by atoms with Crippen LogP contribution in [0.5, 0.6) is 11.5 Å². The van der Waals surface area contributed by atoms with E-state index in [0.717, 1.165) is 12.1 Å². The first kappa shape index (κ1) is 16.5. The molecule has 1 aromatic heterocycles. The number of primary amides is 1. The number of pyridine rings is 1. The number of rotatable bonds is 5. The van der Waals surface area contributed by atoms with Gasteiger partial charge in [-0.15, -0.1) is 0 Å². The van der Waals surface area contributed by atoms with Crippen molar-refractivity contribution in [1.29, 1.82) is 0 Å². The van der Waals surface area contributed by atoms with Gasteiger partial charge in [0, 0.05) is 12.4 Å². The number of nitrogens with two attached hydrogens (primary N) is 1. The number of aromatic nitrogens is 1. The maximum atomic E-state index is 11.9. The Morgan fingerprint density at radius 2 is 1.44 bits per heavy atom. The summed E-state index contributed by atoms with van der Waals surface area (Å²) in [5.41, 5.74) is 8.19. The number of urea groups is 1. The van der Waals surface area contributed by atoms with E-state index in [9.17, 15) is 4.79 Å². The van der Waals surface area contributed by atoms with E-state index < -0.39 is 6.03 Å². The summed E-state index contributed by atoms with van der Waals surface area (Å²) < 4.78 is 5.73. The first-order chi connectivity index (χ1) is 12.2. The van der Waals surface area contributed by atoms with Crippen LogP contribution in [-0.2, 0) is 6.42 Å². The second-order valence-electron chi connectivity index (χ2n) is 5.47. The van der Waals surface area contributed by atoms with Crippen molar-refractivity contribution >= 4 is 17.4 Å². The van der Waals surface area contributed by atoms with Crippen LogP contribution < -0.4 is 15.4 Å². The topological polar surface area (TPSA) is 68.5 Å². The number of hydrogen-bond donors (Lipinski definition) is 1. The summed E-state index contributed by atoms with van der Waals surface area (Å²) in [5, 5.41) is 0. The zero-order valence-corrected chi connectivity index (χ0v) is 13.9. The lowest BCUT2D eigenvalue weighted by Gasteiger charge is -2.21. The van der Waals surface area contributed by atoms with Crippen molar-refractivity contribution in [3.63, 3.8) is 0 Å². The number of carbonyl (C=O) groups is 1. The molecule has 0 unspecified atom stereocenters. The van der Waals surface area contributed by atoms with Gasteiger partial charge in [0.1, 0.15) is 11.5 Å². The van der Waals surface area contributed by atoms with Crippen LogP contribution in [0.1, 0.15) is 12.5 Å². The SMILES string of the molecule is CCc1ccc(N(C(N)=O)c2ccc(Oc3ccncc3)cc2)cc1. The molecule has 5 heteroatoms. The fourth-order valence-corrected chi connectivity index (χ4v) is 2.49. The van der Waals surface area contributed by atoms with E-state index in [1.807, 2.05) is 24.3 Å². The van der Waals surface area contributed by atoms with Crippen LogP contribution in [0.25, 0.3) is 0 Å². The van der Waals surface area contributed by atoms with Gasteiger partial charge in [-0.1, -0.05) is 19.1 Å². The molecule has 0 saturated heterocycles. The summed E-state index contributed by atoms with van der Waals surface area (Å²) in [5.74, 6) is 1.37. The number of carbonyl (C=O) groups excluding carboxylic acids is 1. The monoisotopic (exact) mass is 333 g/mol. The molecule has 0 aliphatic rings. The Morgan fingerprint density at radius 3 is 1.96 bits per heavy atom. The third-order valence-corrected chi connectivity index (χ3v) is 3.80. The lowest BCUT2D eigenvalue weighted by molar-refractivity contribution is 0.256. The van der Waals surface area contributed by atoms with Gasteiger partial charge in [0.15, 0.2) is 0 Å². The second kappa shape index (κ2) is 7.49. The Balaban J connectivity index is 1.83. The quantitative estimate of drug-likeness (QED) is 0.738. The van der Waals surface area contributed by atoms with Crippen LogP contribution in [0.3, 0.4) is 0 Å². The highest BCUT2D eigenvalue weighted by molar-refractivity contribution is 5.98. The minimum Gasteiger partial charge on any atom is -0.457 e. The zero-order chi connectivity index (χ0) is 17.6. The summed E-state index contributed by atoms with van der Waals surface area (Å²) in [7, 11) is 0. The number of aryl methyl sites for hydroxylation is 1. The predicted octanol–water partition coefficient (Wildman–Crippen LogP) is 4.65. The zero-order valence-electron chi connectivity index (χ0n) is 13.9. The first-order valence-electron chi connectivity index (χ1n) is 8.04. The van der Waals surface area contributed by atoms with E-state index in [4.69, 9.17) is 10.5 Å². The second-order valence-corrected chi connectivity index (χ2v) is 5.47. The van der Waals surface area contributed by atoms with Crippen molar-refractivity contribution in [2.45, 2.75) is 13.3 Å². The normalized spacial score (nSPS) is 10.3. The molecule has 0 aliphatic heterocycles. The molecule has 2 aromatic carbocycles. The van der Waals surface area contributed by atoms with Gasteiger partial charge in [-0.05, 0) is 60.5 Å². The Labute approximate surface area is 146 Å². The van der Waals surface area contributed by atoms with Gasteiger partial charge in [-0.2, -0.15) is 0 Å². The molecule has 3 rings (SSSR count). The maximum Gasteiger partial charge on any atom is 0.323 e. The van der Waals surface area contributed by atoms with Crippen LogP contribution in [0.4, 0.5) is 16.2 Å². The number of anilines is 2. The highest BCUT2D eigenvalue weighted by Gasteiger charge is 2.15. The molecule has 25 heavy (non-hydrogen) atoms. The fourth-order valence-electron chi connectivity index (χ4n) is 2.49. The number of ether oxygens (including phenoxy) is 1. The molecule has 1 heterocycles. The Bertz CT molecular complexity index is 831. The molecule has 2 N–H and O–H groups in total. The van der Waals surface area contributed by atoms with Crippen LogP contribution in [0.15, 0.2) is 73.1 Å². The molecule has 0 atom stereocenters. The number of amides is 2. The fraction of sp³-hybridized carbons (Fsp3) is 0.100. The largest absolute Gasteiger partial charge is 0.457 e. The minimum absolute atomic E-state index is 0.535. The molecule has 3 aromatic rings. The lowest BCUT2D eigenvalue weighted by atomic mass is 10.1. The molecule has 2 amide bonds. The third kappa shape index (κ3) is 3.95. The molecular formula is C20H19N3O2. The highest BCUT2D eigenvalue weighted by atomic mass is 16.5. The molecule has 126 valence electrons. The summed E-state index contributed by atoms with van der Waals surface area (Å²) >= 11 is 0. The summed E-state index contributed by atoms with van der Waals surface area (Å²) in [6.07, 6.45) is 4.27. The van der Waals surface area contributed by atoms with E-state index >= 15 is 0 Å². The predicted molar refractivity (Wildman–Crippen MR) is 98.3 cm³/mol. The van der Waals surface area contributed by atoms with Crippen molar-refractivity contribution in [3.8, 4) is 11.5 Å². The van der Waals surface area contributed by atoms with Crippen molar-refractivity contribution < 1.29 is 9.53 Å². The maximum absolute atomic E-state index is 11.9. The molecular weight excluding hydrogens is 314 g/mol. The Hall–Kier alpha value is -3.34. The van der Waals surface area contributed by atoms with Crippen molar-refractivity contribution in [3.05, 3.63) is 78.6 Å². The Morgan fingerprint density at radius 1 is 0.920 bits per heavy atom. The van der Waals surface area contributed by atoms with Crippen LogP contribution in [0.2, 0.25) is 0 Å². The van der Waals surface area contributed by atoms with Gasteiger partial charge in [-0.3, -0.25) is 9.88 Å². The van der Waals surface area contributed by atoms with Gasteiger partial charge in [-0.25, -0.2) is 4.79 Å². The summed E-state index contributed by atoms with van der Waals surface area (Å²) in [6.45, 7) is 2.09. The summed E-state index contributed by atoms with van der Waals surface area (Å²) in [4.78, 5) is 17.4. The van der Waals surface area contributed by atoms with Crippen LogP contribution in [-0.4, -0.2) is 11.0 Å². The molecule has 5 nitrogen and oxygen atoms in total. The lowest BCUT2D eigenvalue weighted by Crippen LogP contribution is -2.31. The standard InChI is InChI=1S/C20H19N3O2/c1-2-15-3-5-16(6-4-15)23(20(21)24)17-7-9-18(10-8-17)25-19-11-13-22-14-12-19/h3-14H,2H2,1H3,(H2,21,24). The number of nitrogens with zero attached hydrogens (tertiary/aromatic N) is 2. The van der Waals surface area contributed by atoms with Crippen molar-refractivity contribution in [2.24, 2.45) is 5.73 Å². The molecule has 0 spiro atoms. The first-order valence-corrected chi connectivity index (χ1v) is 8.04. The molecule has 0 saturated carbocycles. The van der Waals surface area contributed by atoms with Gasteiger partial charge in [0.25, 0.3) is 0 Å².